The van der Waals surface area contributed by atoms with Crippen molar-refractivity contribution in [3.05, 3.63) is 11.6 Å². The Balaban J connectivity index is 4.45. The third-order valence-corrected chi connectivity index (χ3v) is 2.37. The molecule has 0 aromatic carbocycles. The molecule has 2 amide bonds. The predicted octanol–water partition coefficient (Wildman–Crippen LogP) is 0.870. The van der Waals surface area contributed by atoms with Crippen molar-refractivity contribution in [2.45, 2.75) is 34.1 Å². The summed E-state index contributed by atoms with van der Waals surface area (Å²) in [5.74, 6) is -0.647. The average Bonchev–Trinajstić information content (AvgIpc) is 2.32. The first-order valence-electron chi connectivity index (χ1n) is 6.70. The van der Waals surface area contributed by atoms with Crippen LogP contribution in [-0.2, 0) is 19.1 Å². The van der Waals surface area contributed by atoms with Crippen molar-refractivity contribution >= 4 is 17.8 Å². The minimum Gasteiger partial charge on any atom is -0.466 e. The maximum atomic E-state index is 12.0. The number of hydrogen-bond acceptors (Lipinski definition) is 4. The SMILES string of the molecule is CCOC(=O)CCN(CCNC(C)=O)C(=O)C=C(C)C. The van der Waals surface area contributed by atoms with Crippen molar-refractivity contribution in [3.63, 3.8) is 0 Å². The Kier molecular flexibility index (Phi) is 9.07. The molecule has 20 heavy (non-hydrogen) atoms. The van der Waals surface area contributed by atoms with E-state index in [0.717, 1.165) is 5.57 Å². The molecule has 0 saturated heterocycles. The molecule has 0 radical (unpaired) electrons. The highest BCUT2D eigenvalue weighted by Crippen LogP contribution is 1.99. The molecule has 0 rings (SSSR count). The first-order chi connectivity index (χ1) is 9.36. The Morgan fingerprint density at radius 2 is 1.80 bits per heavy atom. The molecule has 0 aliphatic heterocycles. The summed E-state index contributed by atoms with van der Waals surface area (Å²) in [6.07, 6.45) is 1.66. The minimum atomic E-state index is -0.331. The van der Waals surface area contributed by atoms with Crippen LogP contribution in [0.1, 0.15) is 34.1 Å². The van der Waals surface area contributed by atoms with Crippen molar-refractivity contribution in [1.82, 2.24) is 10.2 Å². The normalized spacial score (nSPS) is 9.60. The second kappa shape index (κ2) is 10.00. The highest BCUT2D eigenvalue weighted by atomic mass is 16.5. The number of amides is 2. The smallest absolute Gasteiger partial charge is 0.307 e. The van der Waals surface area contributed by atoms with E-state index in [4.69, 9.17) is 4.74 Å². The van der Waals surface area contributed by atoms with Crippen LogP contribution in [0.3, 0.4) is 0 Å². The van der Waals surface area contributed by atoms with Gasteiger partial charge in [-0.3, -0.25) is 14.4 Å². The molecule has 0 saturated carbocycles. The molecule has 0 aromatic rings. The number of rotatable bonds is 8. The Morgan fingerprint density at radius 3 is 2.30 bits per heavy atom. The van der Waals surface area contributed by atoms with Gasteiger partial charge >= 0.3 is 5.97 Å². The van der Waals surface area contributed by atoms with Crippen molar-refractivity contribution in [2.75, 3.05) is 26.2 Å². The first kappa shape index (κ1) is 18.1. The van der Waals surface area contributed by atoms with Crippen LogP contribution in [0, 0.1) is 0 Å². The summed E-state index contributed by atoms with van der Waals surface area (Å²) in [5.41, 5.74) is 0.885. The van der Waals surface area contributed by atoms with E-state index in [1.165, 1.54) is 17.9 Å². The van der Waals surface area contributed by atoms with Crippen LogP contribution < -0.4 is 5.32 Å². The summed E-state index contributed by atoms with van der Waals surface area (Å²) >= 11 is 0. The van der Waals surface area contributed by atoms with Gasteiger partial charge in [-0.25, -0.2) is 0 Å². The second-order valence-corrected chi connectivity index (χ2v) is 4.58. The van der Waals surface area contributed by atoms with Crippen LogP contribution in [0.4, 0.5) is 0 Å². The molecular weight excluding hydrogens is 260 g/mol. The molecule has 0 heterocycles. The highest BCUT2D eigenvalue weighted by molar-refractivity contribution is 5.88. The zero-order valence-corrected chi connectivity index (χ0v) is 12.7. The van der Waals surface area contributed by atoms with E-state index in [1.54, 1.807) is 6.92 Å². The molecule has 0 unspecified atom stereocenters. The Labute approximate surface area is 120 Å². The van der Waals surface area contributed by atoms with Gasteiger partial charge in [-0.15, -0.1) is 0 Å². The van der Waals surface area contributed by atoms with Crippen LogP contribution in [-0.4, -0.2) is 48.9 Å². The number of ether oxygens (including phenoxy) is 1. The molecule has 0 spiro atoms. The summed E-state index contributed by atoms with van der Waals surface area (Å²) in [4.78, 5) is 35.7. The quantitative estimate of drug-likeness (QED) is 0.530. The summed E-state index contributed by atoms with van der Waals surface area (Å²) in [5, 5.41) is 2.63. The molecule has 0 aromatic heterocycles. The molecule has 6 heteroatoms. The summed E-state index contributed by atoms with van der Waals surface area (Å²) < 4.78 is 4.83. The summed E-state index contributed by atoms with van der Waals surface area (Å²) in [7, 11) is 0. The van der Waals surface area contributed by atoms with Crippen molar-refractivity contribution in [2.24, 2.45) is 0 Å². The van der Waals surface area contributed by atoms with Gasteiger partial charge in [0.1, 0.15) is 0 Å². The van der Waals surface area contributed by atoms with Crippen molar-refractivity contribution in [3.8, 4) is 0 Å². The number of carbonyl (C=O) groups is 3. The molecule has 0 bridgehead atoms. The fourth-order valence-corrected chi connectivity index (χ4v) is 1.50. The van der Waals surface area contributed by atoms with Gasteiger partial charge in [0.15, 0.2) is 0 Å². The van der Waals surface area contributed by atoms with Gasteiger partial charge in [0.05, 0.1) is 13.0 Å². The molecule has 114 valence electrons. The van der Waals surface area contributed by atoms with Crippen LogP contribution in [0.5, 0.6) is 0 Å². The molecule has 0 aliphatic carbocycles. The Hall–Kier alpha value is -1.85. The second-order valence-electron chi connectivity index (χ2n) is 4.58. The van der Waals surface area contributed by atoms with Crippen LogP contribution in [0.2, 0.25) is 0 Å². The monoisotopic (exact) mass is 284 g/mol. The fourth-order valence-electron chi connectivity index (χ4n) is 1.50. The largest absolute Gasteiger partial charge is 0.466 e. The number of allylic oxidation sites excluding steroid dienone is 1. The van der Waals surface area contributed by atoms with Gasteiger partial charge in [-0.1, -0.05) is 5.57 Å². The van der Waals surface area contributed by atoms with Gasteiger partial charge in [0.25, 0.3) is 0 Å². The molecule has 0 fully saturated rings. The molecule has 0 aliphatic rings. The fraction of sp³-hybridized carbons (Fsp3) is 0.643. The average molecular weight is 284 g/mol. The van der Waals surface area contributed by atoms with E-state index in [2.05, 4.69) is 5.32 Å². The van der Waals surface area contributed by atoms with Crippen molar-refractivity contribution in [1.29, 1.82) is 0 Å². The van der Waals surface area contributed by atoms with E-state index in [9.17, 15) is 14.4 Å². The van der Waals surface area contributed by atoms with Crippen LogP contribution in [0.15, 0.2) is 11.6 Å². The predicted molar refractivity (Wildman–Crippen MR) is 75.9 cm³/mol. The lowest BCUT2D eigenvalue weighted by atomic mass is 10.3. The minimum absolute atomic E-state index is 0.148. The standard InChI is InChI=1S/C14H24N2O4/c1-5-20-14(19)6-8-16(9-7-15-12(4)17)13(18)10-11(2)3/h10H,5-9H2,1-4H3,(H,15,17). The third-order valence-electron chi connectivity index (χ3n) is 2.37. The van der Waals surface area contributed by atoms with E-state index in [1.807, 2.05) is 13.8 Å². The van der Waals surface area contributed by atoms with Crippen molar-refractivity contribution < 1.29 is 19.1 Å². The highest BCUT2D eigenvalue weighted by Gasteiger charge is 2.13. The maximum absolute atomic E-state index is 12.0. The Bertz CT molecular complexity index is 373. The number of carbonyl (C=O) groups excluding carboxylic acids is 3. The van der Waals surface area contributed by atoms with Crippen LogP contribution in [0.25, 0.3) is 0 Å². The molecular formula is C14H24N2O4. The first-order valence-corrected chi connectivity index (χ1v) is 6.70. The van der Waals surface area contributed by atoms with Gasteiger partial charge in [0.2, 0.25) is 11.8 Å². The third kappa shape index (κ3) is 9.13. The molecule has 0 atom stereocenters. The molecule has 1 N–H and O–H groups in total. The van der Waals surface area contributed by atoms with Gasteiger partial charge in [-0.05, 0) is 20.8 Å². The zero-order chi connectivity index (χ0) is 15.5. The van der Waals surface area contributed by atoms with E-state index < -0.39 is 0 Å². The molecule has 6 nitrogen and oxygen atoms in total. The summed E-state index contributed by atoms with van der Waals surface area (Å²) in [6.45, 7) is 8.14. The van der Waals surface area contributed by atoms with Gasteiger partial charge < -0.3 is 15.0 Å². The number of nitrogens with one attached hydrogen (secondary N) is 1. The number of esters is 1. The maximum Gasteiger partial charge on any atom is 0.307 e. The van der Waals surface area contributed by atoms with Gasteiger partial charge in [-0.2, -0.15) is 0 Å². The van der Waals surface area contributed by atoms with Crippen LogP contribution >= 0.6 is 0 Å². The van der Waals surface area contributed by atoms with Gasteiger partial charge in [0, 0.05) is 32.6 Å². The number of nitrogens with zero attached hydrogens (tertiary/aromatic N) is 1. The lowest BCUT2D eigenvalue weighted by Gasteiger charge is -2.21. The van der Waals surface area contributed by atoms with E-state index >= 15 is 0 Å². The lowest BCUT2D eigenvalue weighted by molar-refractivity contribution is -0.143. The lowest BCUT2D eigenvalue weighted by Crippen LogP contribution is -2.38. The zero-order valence-electron chi connectivity index (χ0n) is 12.7. The van der Waals surface area contributed by atoms with E-state index in [0.29, 0.717) is 19.7 Å². The topological polar surface area (TPSA) is 75.7 Å². The Morgan fingerprint density at radius 1 is 1.15 bits per heavy atom. The summed E-state index contributed by atoms with van der Waals surface area (Å²) in [6, 6.07) is 0. The van der Waals surface area contributed by atoms with E-state index in [-0.39, 0.29) is 30.7 Å². The number of hydrogen-bond donors (Lipinski definition) is 1.